The molecule has 0 aromatic carbocycles. The molecule has 2 aromatic heterocycles. The Hall–Kier alpha value is -1.55. The molecule has 0 saturated heterocycles. The van der Waals surface area contributed by atoms with Gasteiger partial charge < -0.3 is 10.3 Å². The van der Waals surface area contributed by atoms with Crippen LogP contribution in [0.15, 0.2) is 6.20 Å². The maximum absolute atomic E-state index is 4.50. The molecule has 0 spiro atoms. The minimum Gasteiger partial charge on any atom is -0.360 e. The van der Waals surface area contributed by atoms with Crippen LogP contribution in [0, 0.1) is 6.92 Å². The number of H-pyrrole nitrogens is 1. The molecule has 3 heterocycles. The quantitative estimate of drug-likeness (QED) is 0.834. The van der Waals surface area contributed by atoms with Gasteiger partial charge in [-0.3, -0.25) is 4.68 Å². The highest BCUT2D eigenvalue weighted by molar-refractivity contribution is 5.45. The number of aryl methyl sites for hydroxylation is 3. The molecule has 2 N–H and O–H groups in total. The first-order valence-electron chi connectivity index (χ1n) is 7.70. The van der Waals surface area contributed by atoms with Gasteiger partial charge in [0.1, 0.15) is 0 Å². The third-order valence-electron chi connectivity index (χ3n) is 4.82. The van der Waals surface area contributed by atoms with E-state index in [4.69, 9.17) is 0 Å². The van der Waals surface area contributed by atoms with E-state index >= 15 is 0 Å². The van der Waals surface area contributed by atoms with E-state index in [9.17, 15) is 0 Å². The smallest absolute Gasteiger partial charge is 0.0765 e. The Kier molecular flexibility index (Phi) is 2.74. The minimum absolute atomic E-state index is 0.290. The lowest BCUT2D eigenvalue weighted by Gasteiger charge is -2.24. The molecule has 1 aliphatic heterocycles. The second kappa shape index (κ2) is 4.48. The van der Waals surface area contributed by atoms with E-state index in [-0.39, 0.29) is 6.04 Å². The zero-order valence-corrected chi connectivity index (χ0v) is 12.3. The second-order valence-electron chi connectivity index (χ2n) is 6.16. The van der Waals surface area contributed by atoms with Crippen LogP contribution in [-0.4, -0.2) is 21.3 Å². The third-order valence-corrected chi connectivity index (χ3v) is 4.82. The highest BCUT2D eigenvalue weighted by atomic mass is 15.3. The van der Waals surface area contributed by atoms with Gasteiger partial charge in [0.25, 0.3) is 0 Å². The van der Waals surface area contributed by atoms with Crippen molar-refractivity contribution in [2.45, 2.75) is 45.1 Å². The molecule has 0 fully saturated rings. The van der Waals surface area contributed by atoms with Gasteiger partial charge in [-0.25, -0.2) is 0 Å². The van der Waals surface area contributed by atoms with E-state index in [0.717, 1.165) is 18.7 Å². The summed E-state index contributed by atoms with van der Waals surface area (Å²) in [5.41, 5.74) is 8.55. The summed E-state index contributed by atoms with van der Waals surface area (Å²) in [4.78, 5) is 3.74. The first-order chi connectivity index (χ1) is 9.74. The van der Waals surface area contributed by atoms with Crippen molar-refractivity contribution >= 4 is 0 Å². The number of hydrogen-bond donors (Lipinski definition) is 2. The summed E-state index contributed by atoms with van der Waals surface area (Å²) in [6, 6.07) is 0.290. The van der Waals surface area contributed by atoms with E-state index in [1.54, 1.807) is 11.1 Å². The maximum Gasteiger partial charge on any atom is 0.0765 e. The Bertz CT molecular complexity index is 650. The fourth-order valence-electron chi connectivity index (χ4n) is 3.92. The van der Waals surface area contributed by atoms with Gasteiger partial charge in [0.05, 0.1) is 11.7 Å². The topological polar surface area (TPSA) is 45.6 Å². The second-order valence-corrected chi connectivity index (χ2v) is 6.16. The largest absolute Gasteiger partial charge is 0.360 e. The van der Waals surface area contributed by atoms with Crippen LogP contribution in [0.1, 0.15) is 52.7 Å². The number of rotatable bonds is 1. The van der Waals surface area contributed by atoms with E-state index in [2.05, 4.69) is 28.5 Å². The van der Waals surface area contributed by atoms with Crippen molar-refractivity contribution in [2.24, 2.45) is 7.05 Å². The van der Waals surface area contributed by atoms with Crippen LogP contribution < -0.4 is 5.32 Å². The van der Waals surface area contributed by atoms with Crippen molar-refractivity contribution in [3.8, 4) is 0 Å². The van der Waals surface area contributed by atoms with Crippen molar-refractivity contribution in [1.29, 1.82) is 0 Å². The van der Waals surface area contributed by atoms with Crippen LogP contribution >= 0.6 is 0 Å². The van der Waals surface area contributed by atoms with E-state index in [1.165, 1.54) is 42.6 Å². The molecule has 0 unspecified atom stereocenters. The molecule has 1 aliphatic carbocycles. The van der Waals surface area contributed by atoms with Gasteiger partial charge in [0, 0.05) is 36.7 Å². The van der Waals surface area contributed by atoms with Crippen molar-refractivity contribution in [2.75, 3.05) is 6.54 Å². The Morgan fingerprint density at radius 3 is 2.85 bits per heavy atom. The standard InChI is InChI=1S/C16H22N4/c1-10-13(9-20(2)19-10)15-16-12(7-8-17-15)11-5-3-4-6-14(11)18-16/h9,15,17-18H,3-8H2,1-2H3/t15-/m0/s1. The average molecular weight is 270 g/mol. The lowest BCUT2D eigenvalue weighted by atomic mass is 9.89. The fraction of sp³-hybridized carbons (Fsp3) is 0.562. The van der Waals surface area contributed by atoms with Gasteiger partial charge in [-0.2, -0.15) is 5.10 Å². The molecule has 0 bridgehead atoms. The molecular formula is C16H22N4. The molecule has 0 saturated carbocycles. The minimum atomic E-state index is 0.290. The zero-order chi connectivity index (χ0) is 13.7. The number of hydrogen-bond acceptors (Lipinski definition) is 2. The number of nitrogens with one attached hydrogen (secondary N) is 2. The number of aromatic amines is 1. The Balaban J connectivity index is 1.82. The molecular weight excluding hydrogens is 248 g/mol. The molecule has 4 heteroatoms. The summed E-state index contributed by atoms with van der Waals surface area (Å²) in [6.45, 7) is 3.17. The summed E-state index contributed by atoms with van der Waals surface area (Å²) < 4.78 is 1.92. The van der Waals surface area contributed by atoms with Crippen molar-refractivity contribution < 1.29 is 0 Å². The first kappa shape index (κ1) is 12.2. The van der Waals surface area contributed by atoms with Crippen LogP contribution in [0.25, 0.3) is 0 Å². The van der Waals surface area contributed by atoms with Crippen LogP contribution in [0.5, 0.6) is 0 Å². The molecule has 4 nitrogen and oxygen atoms in total. The zero-order valence-electron chi connectivity index (χ0n) is 12.3. The number of aromatic nitrogens is 3. The molecule has 106 valence electrons. The lowest BCUT2D eigenvalue weighted by molar-refractivity contribution is 0.554. The predicted octanol–water partition coefficient (Wildman–Crippen LogP) is 2.17. The summed E-state index contributed by atoms with van der Waals surface area (Å²) in [5.74, 6) is 0. The van der Waals surface area contributed by atoms with Crippen LogP contribution in [0.4, 0.5) is 0 Å². The molecule has 20 heavy (non-hydrogen) atoms. The van der Waals surface area contributed by atoms with E-state index < -0.39 is 0 Å². The van der Waals surface area contributed by atoms with Gasteiger partial charge in [0.15, 0.2) is 0 Å². The van der Waals surface area contributed by atoms with Gasteiger partial charge >= 0.3 is 0 Å². The SMILES string of the molecule is Cc1nn(C)cc1[C@@H]1NCCc2c1[nH]c1c2CCCC1. The van der Waals surface area contributed by atoms with Gasteiger partial charge in [-0.15, -0.1) is 0 Å². The lowest BCUT2D eigenvalue weighted by Crippen LogP contribution is -2.31. The van der Waals surface area contributed by atoms with Gasteiger partial charge in [-0.05, 0) is 50.2 Å². The Labute approximate surface area is 119 Å². The van der Waals surface area contributed by atoms with Crippen LogP contribution in [0.2, 0.25) is 0 Å². The third kappa shape index (κ3) is 1.74. The number of nitrogens with zero attached hydrogens (tertiary/aromatic N) is 2. The van der Waals surface area contributed by atoms with Gasteiger partial charge in [-0.1, -0.05) is 0 Å². The normalized spacial score (nSPS) is 21.6. The molecule has 2 aliphatic rings. The van der Waals surface area contributed by atoms with Crippen molar-refractivity contribution in [3.63, 3.8) is 0 Å². The summed E-state index contributed by atoms with van der Waals surface area (Å²) in [6.07, 6.45) is 8.48. The molecule has 4 rings (SSSR count). The van der Waals surface area contributed by atoms with Crippen molar-refractivity contribution in [1.82, 2.24) is 20.1 Å². The Morgan fingerprint density at radius 2 is 2.05 bits per heavy atom. The highest BCUT2D eigenvalue weighted by Crippen LogP contribution is 2.35. The fourth-order valence-corrected chi connectivity index (χ4v) is 3.92. The van der Waals surface area contributed by atoms with E-state index in [1.807, 2.05) is 11.7 Å². The molecule has 2 aromatic rings. The predicted molar refractivity (Wildman–Crippen MR) is 78.9 cm³/mol. The monoisotopic (exact) mass is 270 g/mol. The summed E-state index contributed by atoms with van der Waals surface area (Å²) in [5, 5.41) is 8.17. The molecule has 0 radical (unpaired) electrons. The van der Waals surface area contributed by atoms with Crippen molar-refractivity contribution in [3.05, 3.63) is 40.0 Å². The number of fused-ring (bicyclic) bond motifs is 3. The van der Waals surface area contributed by atoms with Crippen LogP contribution in [-0.2, 0) is 26.3 Å². The Morgan fingerprint density at radius 1 is 1.20 bits per heavy atom. The average Bonchev–Trinajstić information content (AvgIpc) is 2.98. The first-order valence-corrected chi connectivity index (χ1v) is 7.70. The maximum atomic E-state index is 4.50. The summed E-state index contributed by atoms with van der Waals surface area (Å²) in [7, 11) is 2.00. The van der Waals surface area contributed by atoms with E-state index in [0.29, 0.717) is 0 Å². The summed E-state index contributed by atoms with van der Waals surface area (Å²) >= 11 is 0. The molecule has 1 atom stereocenters. The van der Waals surface area contributed by atoms with Gasteiger partial charge in [0.2, 0.25) is 0 Å². The van der Waals surface area contributed by atoms with Crippen LogP contribution in [0.3, 0.4) is 0 Å². The molecule has 0 amide bonds. The highest BCUT2D eigenvalue weighted by Gasteiger charge is 2.30.